The number of hydrogen-bond acceptors (Lipinski definition) is 4. The molecule has 1 rings (SSSR count). The molecule has 0 radical (unpaired) electrons. The van der Waals surface area contributed by atoms with Gasteiger partial charge in [-0.1, -0.05) is 128 Å². The number of hydrogen-bond donors (Lipinski definition) is 2. The van der Waals surface area contributed by atoms with E-state index in [9.17, 15) is 9.46 Å². The molecule has 0 heterocycles. The second-order valence-corrected chi connectivity index (χ2v) is 12.7. The van der Waals surface area contributed by atoms with Crippen molar-refractivity contribution >= 4 is 7.82 Å². The molecule has 0 saturated carbocycles. The lowest BCUT2D eigenvalue weighted by Crippen LogP contribution is -2.41. The summed E-state index contributed by atoms with van der Waals surface area (Å²) in [6, 6.07) is 8.25. The molecule has 0 fully saturated rings. The zero-order chi connectivity index (χ0) is 27.2. The van der Waals surface area contributed by atoms with E-state index in [4.69, 9.17) is 14.8 Å². The van der Waals surface area contributed by atoms with Crippen molar-refractivity contribution in [1.29, 1.82) is 0 Å². The van der Waals surface area contributed by atoms with Gasteiger partial charge in [0.15, 0.2) is 0 Å². The van der Waals surface area contributed by atoms with Crippen molar-refractivity contribution in [2.75, 3.05) is 33.9 Å². The second-order valence-electron chi connectivity index (χ2n) is 11.3. The largest absolute Gasteiger partial charge is 0.472 e. The van der Waals surface area contributed by atoms with E-state index in [-0.39, 0.29) is 13.2 Å². The van der Waals surface area contributed by atoms with Crippen molar-refractivity contribution in [3.63, 3.8) is 0 Å². The Morgan fingerprint density at radius 1 is 0.703 bits per heavy atom. The van der Waals surface area contributed by atoms with Crippen molar-refractivity contribution in [2.45, 2.75) is 123 Å². The molecule has 0 aliphatic carbocycles. The second kappa shape index (κ2) is 21.1. The smallest absolute Gasteiger partial charge is 0.326 e. The van der Waals surface area contributed by atoms with E-state index in [0.29, 0.717) is 17.6 Å². The van der Waals surface area contributed by atoms with Gasteiger partial charge in [0.05, 0.1) is 20.7 Å². The summed E-state index contributed by atoms with van der Waals surface area (Å²) < 4.78 is 23.2. The molecule has 0 saturated heterocycles. The van der Waals surface area contributed by atoms with Crippen LogP contribution in [-0.4, -0.2) is 43.2 Å². The Morgan fingerprint density at radius 3 is 1.57 bits per heavy atom. The molecule has 6 nitrogen and oxygen atoms in total. The molecule has 0 aromatic heterocycles. The maximum absolute atomic E-state index is 12.2. The minimum absolute atomic E-state index is 0.181. The zero-order valence-electron chi connectivity index (χ0n) is 24.3. The molecule has 1 aromatic carbocycles. The van der Waals surface area contributed by atoms with Crippen LogP contribution in [0.1, 0.15) is 121 Å². The van der Waals surface area contributed by atoms with Crippen LogP contribution in [0.15, 0.2) is 24.3 Å². The third-order valence-electron chi connectivity index (χ3n) is 7.07. The molecule has 0 bridgehead atoms. The molecule has 7 heteroatoms. The van der Waals surface area contributed by atoms with E-state index in [1.165, 1.54) is 89.0 Å². The summed E-state index contributed by atoms with van der Waals surface area (Å²) in [6.45, 7) is 4.70. The first-order chi connectivity index (χ1) is 17.8. The summed E-state index contributed by atoms with van der Waals surface area (Å²) in [7, 11) is 0.181. The molecule has 0 aliphatic heterocycles. The summed E-state index contributed by atoms with van der Waals surface area (Å²) in [4.78, 5) is 9.98. The van der Waals surface area contributed by atoms with Crippen molar-refractivity contribution in [1.82, 2.24) is 0 Å². The van der Waals surface area contributed by atoms with Gasteiger partial charge in [-0.15, -0.1) is 0 Å². The monoisotopic (exact) mass is 541 g/mol. The van der Waals surface area contributed by atoms with Crippen LogP contribution in [0.25, 0.3) is 0 Å². The number of quaternary nitrogens is 1. The van der Waals surface area contributed by atoms with E-state index in [1.54, 1.807) is 0 Å². The van der Waals surface area contributed by atoms with Gasteiger partial charge in [0.25, 0.3) is 0 Å². The van der Waals surface area contributed by atoms with Gasteiger partial charge >= 0.3 is 7.82 Å². The fourth-order valence-corrected chi connectivity index (χ4v) is 5.37. The highest BCUT2D eigenvalue weighted by molar-refractivity contribution is 7.47. The van der Waals surface area contributed by atoms with Crippen LogP contribution < -0.4 is 5.73 Å². The maximum Gasteiger partial charge on any atom is 0.472 e. The summed E-state index contributed by atoms with van der Waals surface area (Å²) >= 11 is 0. The van der Waals surface area contributed by atoms with E-state index in [0.717, 1.165) is 31.4 Å². The first-order valence-corrected chi connectivity index (χ1v) is 16.5. The molecule has 3 N–H and O–H groups in total. The molecule has 0 amide bonds. The highest BCUT2D eigenvalue weighted by atomic mass is 31.2. The number of nitrogens with two attached hydrogens (primary N) is 1. The number of nitrogens with zero attached hydrogens (tertiary/aromatic N) is 1. The molecule has 0 spiro atoms. The van der Waals surface area contributed by atoms with Crippen molar-refractivity contribution in [3.8, 4) is 0 Å². The number of phosphoric ester groups is 1. The van der Waals surface area contributed by atoms with Crippen LogP contribution in [0, 0.1) is 0 Å². The number of unbranched alkanes of at least 4 members (excludes halogenated alkanes) is 15. The first kappa shape index (κ1) is 34.3. The van der Waals surface area contributed by atoms with Crippen LogP contribution in [-0.2, 0) is 26.7 Å². The predicted molar refractivity (Wildman–Crippen MR) is 156 cm³/mol. The third kappa shape index (κ3) is 19.9. The van der Waals surface area contributed by atoms with Crippen molar-refractivity contribution in [2.24, 2.45) is 5.73 Å². The van der Waals surface area contributed by atoms with E-state index >= 15 is 0 Å². The minimum Gasteiger partial charge on any atom is -0.326 e. The van der Waals surface area contributed by atoms with Gasteiger partial charge in [0.2, 0.25) is 0 Å². The number of benzene rings is 1. The Hall–Kier alpha value is -0.750. The fraction of sp³-hybridized carbons (Fsp3) is 0.800. The Kier molecular flexibility index (Phi) is 19.6. The zero-order valence-corrected chi connectivity index (χ0v) is 25.2. The Bertz CT molecular complexity index is 712. The van der Waals surface area contributed by atoms with Gasteiger partial charge in [-0.25, -0.2) is 4.57 Å². The average molecular weight is 542 g/mol. The molecular weight excluding hydrogens is 483 g/mol. The van der Waals surface area contributed by atoms with Crippen LogP contribution in [0.4, 0.5) is 0 Å². The fourth-order valence-electron chi connectivity index (χ4n) is 4.62. The van der Waals surface area contributed by atoms with Crippen LogP contribution in [0.3, 0.4) is 0 Å². The lowest BCUT2D eigenvalue weighted by Gasteiger charge is -2.30. The summed E-state index contributed by atoms with van der Waals surface area (Å²) in [6.07, 6.45) is 20.8. The normalized spacial score (nSPS) is 13.6. The Labute approximate surface area is 228 Å². The quantitative estimate of drug-likeness (QED) is 0.0742. The van der Waals surface area contributed by atoms with Gasteiger partial charge < -0.3 is 15.1 Å². The third-order valence-corrected chi connectivity index (χ3v) is 8.09. The van der Waals surface area contributed by atoms with Crippen molar-refractivity contribution in [3.05, 3.63) is 35.4 Å². The van der Waals surface area contributed by atoms with E-state index < -0.39 is 7.82 Å². The summed E-state index contributed by atoms with van der Waals surface area (Å²) in [5.74, 6) is 0. The topological polar surface area (TPSA) is 81.8 Å². The Balaban J connectivity index is 1.96. The minimum atomic E-state index is -3.99. The van der Waals surface area contributed by atoms with Crippen LogP contribution in [0.5, 0.6) is 0 Å². The highest BCUT2D eigenvalue weighted by Gasteiger charge is 2.23. The standard InChI is InChI=1S/C30H57N2O4P/c1-4-5-6-7-8-9-10-11-12-13-14-15-16-17-18-19-25-35-37(33,34)36-26-24-32(2,3)28-30-22-20-29(27-31)21-23-30/h20-23H,4-19,24-28,31H2,1-3H3/p+1. The van der Waals surface area contributed by atoms with Gasteiger partial charge in [-0.05, 0) is 12.0 Å². The number of phosphoric acid groups is 1. The lowest BCUT2D eigenvalue weighted by molar-refractivity contribution is -0.903. The van der Waals surface area contributed by atoms with Crippen LogP contribution in [0.2, 0.25) is 0 Å². The highest BCUT2D eigenvalue weighted by Crippen LogP contribution is 2.43. The van der Waals surface area contributed by atoms with Gasteiger partial charge in [0, 0.05) is 12.1 Å². The molecule has 1 aromatic rings. The maximum atomic E-state index is 12.2. The molecule has 1 unspecified atom stereocenters. The van der Waals surface area contributed by atoms with Crippen molar-refractivity contribution < 1.29 is 23.0 Å². The van der Waals surface area contributed by atoms with Crippen LogP contribution >= 0.6 is 7.82 Å². The average Bonchev–Trinajstić information content (AvgIpc) is 2.86. The molecule has 216 valence electrons. The molecule has 1 atom stereocenters. The number of likely N-dealkylation sites (N-methyl/N-ethyl adjacent to an activating group) is 1. The van der Waals surface area contributed by atoms with E-state index in [2.05, 4.69) is 33.2 Å². The molecule has 37 heavy (non-hydrogen) atoms. The molecular formula is C30H58N2O4P+. The summed E-state index contributed by atoms with van der Waals surface area (Å²) in [5, 5.41) is 0. The Morgan fingerprint density at radius 2 is 1.11 bits per heavy atom. The predicted octanol–water partition coefficient (Wildman–Crippen LogP) is 8.12. The van der Waals surface area contributed by atoms with Gasteiger partial charge in [-0.3, -0.25) is 9.05 Å². The SMILES string of the molecule is CCCCCCCCCCCCCCCCCCOP(=O)(O)OCC[N+](C)(C)Cc1ccc(CN)cc1. The lowest BCUT2D eigenvalue weighted by atomic mass is 10.0. The number of rotatable bonds is 25. The molecule has 0 aliphatic rings. The summed E-state index contributed by atoms with van der Waals surface area (Å²) in [5.41, 5.74) is 7.97. The first-order valence-electron chi connectivity index (χ1n) is 15.0. The van der Waals surface area contributed by atoms with E-state index in [1.807, 2.05) is 12.1 Å². The van der Waals surface area contributed by atoms with Gasteiger partial charge in [-0.2, -0.15) is 0 Å². The van der Waals surface area contributed by atoms with Gasteiger partial charge in [0.1, 0.15) is 19.7 Å².